The van der Waals surface area contributed by atoms with Crippen molar-refractivity contribution < 1.29 is 4.79 Å². The molecule has 0 atom stereocenters. The van der Waals surface area contributed by atoms with Crippen molar-refractivity contribution >= 4 is 17.1 Å². The molecule has 18 heavy (non-hydrogen) atoms. The van der Waals surface area contributed by atoms with Crippen molar-refractivity contribution in [3.63, 3.8) is 0 Å². The molecule has 0 saturated heterocycles. The van der Waals surface area contributed by atoms with E-state index in [4.69, 9.17) is 0 Å². The van der Waals surface area contributed by atoms with Gasteiger partial charge >= 0.3 is 0 Å². The van der Waals surface area contributed by atoms with E-state index in [9.17, 15) is 4.79 Å². The Bertz CT molecular complexity index is 564. The summed E-state index contributed by atoms with van der Waals surface area (Å²) in [6, 6.07) is 12.3. The molecule has 1 saturated carbocycles. The smallest absolute Gasteiger partial charge is 0.174 e. The van der Waals surface area contributed by atoms with Crippen molar-refractivity contribution in [1.29, 1.82) is 0 Å². The average molecular weight is 256 g/mol. The van der Waals surface area contributed by atoms with Gasteiger partial charge in [-0.2, -0.15) is 0 Å². The van der Waals surface area contributed by atoms with Gasteiger partial charge in [-0.3, -0.25) is 4.79 Å². The predicted molar refractivity (Wildman–Crippen MR) is 75.4 cm³/mol. The fourth-order valence-corrected chi connectivity index (χ4v) is 3.46. The molecule has 0 N–H and O–H groups in total. The lowest BCUT2D eigenvalue weighted by Gasteiger charge is -2.40. The maximum Gasteiger partial charge on any atom is 0.174 e. The maximum absolute atomic E-state index is 12.8. The van der Waals surface area contributed by atoms with Crippen LogP contribution in [0, 0.1) is 6.92 Å². The fourth-order valence-electron chi connectivity index (χ4n) is 2.77. The van der Waals surface area contributed by atoms with E-state index in [1.54, 1.807) is 11.3 Å². The standard InChI is InChI=1S/C16H16OS/c1-12-10-13(11-18-12)15(17)16(8-5-9-16)14-6-3-2-4-7-14/h2-4,6-7,10-11H,5,8-9H2,1H3. The van der Waals surface area contributed by atoms with Crippen molar-refractivity contribution in [2.75, 3.05) is 0 Å². The Hall–Kier alpha value is -1.41. The first kappa shape index (κ1) is 11.7. The molecular formula is C16H16OS. The first-order valence-electron chi connectivity index (χ1n) is 6.38. The Kier molecular flexibility index (Phi) is 2.83. The number of carbonyl (C=O) groups is 1. The summed E-state index contributed by atoms with van der Waals surface area (Å²) in [6.45, 7) is 2.05. The molecule has 0 radical (unpaired) electrons. The lowest BCUT2D eigenvalue weighted by atomic mass is 9.61. The number of hydrogen-bond acceptors (Lipinski definition) is 2. The quantitative estimate of drug-likeness (QED) is 0.746. The summed E-state index contributed by atoms with van der Waals surface area (Å²) in [5, 5.41) is 2.00. The third kappa shape index (κ3) is 1.72. The van der Waals surface area contributed by atoms with Crippen LogP contribution >= 0.6 is 11.3 Å². The summed E-state index contributed by atoms with van der Waals surface area (Å²) in [5.74, 6) is 0.310. The Morgan fingerprint density at radius 3 is 2.44 bits per heavy atom. The molecule has 92 valence electrons. The van der Waals surface area contributed by atoms with Gasteiger partial charge in [-0.25, -0.2) is 0 Å². The first-order chi connectivity index (χ1) is 8.72. The molecule has 1 heterocycles. The molecule has 1 aromatic carbocycles. The minimum atomic E-state index is -0.241. The second-order valence-electron chi connectivity index (χ2n) is 5.08. The summed E-state index contributed by atoms with van der Waals surface area (Å²) in [4.78, 5) is 14.0. The summed E-state index contributed by atoms with van der Waals surface area (Å²) < 4.78 is 0. The molecule has 3 rings (SSSR count). The van der Waals surface area contributed by atoms with Crippen LogP contribution in [0.2, 0.25) is 0 Å². The van der Waals surface area contributed by atoms with Crippen LogP contribution < -0.4 is 0 Å². The zero-order valence-electron chi connectivity index (χ0n) is 10.5. The molecule has 1 nitrogen and oxygen atoms in total. The molecule has 2 heteroatoms. The third-order valence-corrected chi connectivity index (χ3v) is 4.82. The Morgan fingerprint density at radius 1 is 1.22 bits per heavy atom. The molecule has 1 aromatic heterocycles. The van der Waals surface area contributed by atoms with E-state index in [1.165, 1.54) is 10.4 Å². The van der Waals surface area contributed by atoms with Gasteiger partial charge in [0.15, 0.2) is 5.78 Å². The number of aryl methyl sites for hydroxylation is 1. The zero-order valence-corrected chi connectivity index (χ0v) is 11.3. The fraction of sp³-hybridized carbons (Fsp3) is 0.312. The van der Waals surface area contributed by atoms with E-state index in [1.807, 2.05) is 29.6 Å². The Balaban J connectivity index is 2.00. The van der Waals surface area contributed by atoms with Gasteiger partial charge < -0.3 is 0 Å². The van der Waals surface area contributed by atoms with Gasteiger partial charge in [0, 0.05) is 15.8 Å². The highest BCUT2D eigenvalue weighted by Crippen LogP contribution is 2.46. The molecule has 2 aromatic rings. The number of benzene rings is 1. The topological polar surface area (TPSA) is 17.1 Å². The van der Waals surface area contributed by atoms with Crippen molar-refractivity contribution in [3.8, 4) is 0 Å². The highest BCUT2D eigenvalue weighted by molar-refractivity contribution is 7.10. The Labute approximate surface area is 111 Å². The van der Waals surface area contributed by atoms with Gasteiger partial charge in [-0.15, -0.1) is 11.3 Å². The number of hydrogen-bond donors (Lipinski definition) is 0. The number of Topliss-reactive ketones (excluding diaryl/α,β-unsaturated/α-hetero) is 1. The first-order valence-corrected chi connectivity index (χ1v) is 7.26. The number of ketones is 1. The highest BCUT2D eigenvalue weighted by atomic mass is 32.1. The second kappa shape index (κ2) is 4.36. The number of thiophene rings is 1. The van der Waals surface area contributed by atoms with Crippen LogP contribution in [0.15, 0.2) is 41.8 Å². The van der Waals surface area contributed by atoms with Crippen LogP contribution in [0.1, 0.15) is 40.1 Å². The Morgan fingerprint density at radius 2 is 1.94 bits per heavy atom. The third-order valence-electron chi connectivity index (χ3n) is 3.96. The van der Waals surface area contributed by atoms with Crippen molar-refractivity contribution in [2.24, 2.45) is 0 Å². The largest absolute Gasteiger partial charge is 0.293 e. The molecule has 1 fully saturated rings. The van der Waals surface area contributed by atoms with Gasteiger partial charge in [-0.1, -0.05) is 36.8 Å². The SMILES string of the molecule is Cc1cc(C(=O)C2(c3ccccc3)CCC2)cs1. The average Bonchev–Trinajstić information content (AvgIpc) is 2.76. The summed E-state index contributed by atoms with van der Waals surface area (Å²) in [6.07, 6.45) is 3.14. The highest BCUT2D eigenvalue weighted by Gasteiger charge is 2.45. The molecule has 0 aliphatic heterocycles. The van der Waals surface area contributed by atoms with E-state index in [2.05, 4.69) is 19.1 Å². The summed E-state index contributed by atoms with van der Waals surface area (Å²) >= 11 is 1.66. The maximum atomic E-state index is 12.8. The lowest BCUT2D eigenvalue weighted by molar-refractivity contribution is 0.0789. The summed E-state index contributed by atoms with van der Waals surface area (Å²) in [7, 11) is 0. The molecule has 0 bridgehead atoms. The van der Waals surface area contributed by atoms with Gasteiger partial charge in [0.2, 0.25) is 0 Å². The monoisotopic (exact) mass is 256 g/mol. The van der Waals surface area contributed by atoms with Crippen LogP contribution in [-0.4, -0.2) is 5.78 Å². The van der Waals surface area contributed by atoms with Crippen LogP contribution in [0.4, 0.5) is 0 Å². The van der Waals surface area contributed by atoms with Gasteiger partial charge in [0.25, 0.3) is 0 Å². The molecule has 0 spiro atoms. The summed E-state index contributed by atoms with van der Waals surface area (Å²) in [5.41, 5.74) is 1.83. The van der Waals surface area contributed by atoms with E-state index >= 15 is 0 Å². The molecule has 1 aliphatic carbocycles. The molecule has 1 aliphatic rings. The number of rotatable bonds is 3. The van der Waals surface area contributed by atoms with Crippen LogP contribution in [0.5, 0.6) is 0 Å². The molecule has 0 amide bonds. The molecular weight excluding hydrogens is 240 g/mol. The van der Waals surface area contributed by atoms with Gasteiger partial charge in [-0.05, 0) is 31.4 Å². The van der Waals surface area contributed by atoms with E-state index in [0.29, 0.717) is 5.78 Å². The van der Waals surface area contributed by atoms with Gasteiger partial charge in [0.05, 0.1) is 5.41 Å². The second-order valence-corrected chi connectivity index (χ2v) is 6.19. The number of carbonyl (C=O) groups excluding carboxylic acids is 1. The van der Waals surface area contributed by atoms with Crippen molar-refractivity contribution in [3.05, 3.63) is 57.8 Å². The van der Waals surface area contributed by atoms with E-state index in [-0.39, 0.29) is 5.41 Å². The van der Waals surface area contributed by atoms with Crippen LogP contribution in [0.25, 0.3) is 0 Å². The van der Waals surface area contributed by atoms with Gasteiger partial charge in [0.1, 0.15) is 0 Å². The minimum absolute atomic E-state index is 0.241. The lowest BCUT2D eigenvalue weighted by Crippen LogP contribution is -2.42. The predicted octanol–water partition coefficient (Wildman–Crippen LogP) is 4.36. The van der Waals surface area contributed by atoms with E-state index in [0.717, 1.165) is 24.8 Å². The zero-order chi connectivity index (χ0) is 12.6. The van der Waals surface area contributed by atoms with Crippen molar-refractivity contribution in [1.82, 2.24) is 0 Å². The van der Waals surface area contributed by atoms with Crippen molar-refractivity contribution in [2.45, 2.75) is 31.6 Å². The minimum Gasteiger partial charge on any atom is -0.293 e. The van der Waals surface area contributed by atoms with E-state index < -0.39 is 0 Å². The molecule has 0 unspecified atom stereocenters. The van der Waals surface area contributed by atoms with Crippen LogP contribution in [-0.2, 0) is 5.41 Å². The normalized spacial score (nSPS) is 17.2. The van der Waals surface area contributed by atoms with Crippen LogP contribution in [0.3, 0.4) is 0 Å².